The van der Waals surface area contributed by atoms with Gasteiger partial charge in [-0.05, 0) is 54.7 Å². The Hall–Kier alpha value is -2.94. The van der Waals surface area contributed by atoms with Crippen molar-refractivity contribution in [2.45, 2.75) is 25.1 Å². The number of methoxy groups -OCH3 is 1. The maximum absolute atomic E-state index is 13.3. The van der Waals surface area contributed by atoms with Gasteiger partial charge in [0.25, 0.3) is 0 Å². The Balaban J connectivity index is 1.54. The summed E-state index contributed by atoms with van der Waals surface area (Å²) in [5.41, 5.74) is 0.798. The minimum Gasteiger partial charge on any atom is -0.497 e. The van der Waals surface area contributed by atoms with Gasteiger partial charge in [0.15, 0.2) is 0 Å². The van der Waals surface area contributed by atoms with E-state index in [0.717, 1.165) is 30.5 Å². The Morgan fingerprint density at radius 3 is 2.41 bits per heavy atom. The molecule has 172 valence electrons. The number of nitrogens with one attached hydrogen (secondary N) is 2. The summed E-state index contributed by atoms with van der Waals surface area (Å²) in [6, 6.07) is 10.1. The van der Waals surface area contributed by atoms with Gasteiger partial charge >= 0.3 is 12.2 Å². The van der Waals surface area contributed by atoms with Crippen LogP contribution in [0.25, 0.3) is 0 Å². The fourth-order valence-electron chi connectivity index (χ4n) is 3.91. The number of urea groups is 1. The van der Waals surface area contributed by atoms with Crippen molar-refractivity contribution < 1.29 is 27.4 Å². The van der Waals surface area contributed by atoms with Crippen LogP contribution in [0.4, 0.5) is 29.3 Å². The molecule has 1 atom stereocenters. The first kappa shape index (κ1) is 22.3. The molecule has 2 fully saturated rings. The van der Waals surface area contributed by atoms with E-state index >= 15 is 0 Å². The van der Waals surface area contributed by atoms with E-state index in [2.05, 4.69) is 10.6 Å². The van der Waals surface area contributed by atoms with E-state index in [1.54, 1.807) is 7.11 Å². The second-order valence-electron chi connectivity index (χ2n) is 8.02. The van der Waals surface area contributed by atoms with Gasteiger partial charge in [-0.1, -0.05) is 12.1 Å². The van der Waals surface area contributed by atoms with Crippen LogP contribution in [-0.4, -0.2) is 39.4 Å². The molecular weight excluding hydrogens is 423 g/mol. The number of carbonyl (C=O) groups is 1. The lowest BCUT2D eigenvalue weighted by molar-refractivity contribution is -0.137. The van der Waals surface area contributed by atoms with Gasteiger partial charge in [0.1, 0.15) is 5.75 Å². The third kappa shape index (κ3) is 5.27. The highest BCUT2D eigenvalue weighted by Crippen LogP contribution is 2.41. The number of halogens is 3. The standard InChI is InChI=1S/C23H26F3N3O3/c1-31-18-7-4-16(5-8-18)21(15-2-3-15)28-22(30)27-19-14-17(23(24,25)26)6-9-20(19)29-10-12-32-13-11-29/h4-9,14-15,21H,2-3,10-13H2,1H3,(H2,27,28,30)/t21-/m0/s1. The molecule has 2 amide bonds. The van der Waals surface area contributed by atoms with Gasteiger partial charge in [0.2, 0.25) is 0 Å². The monoisotopic (exact) mass is 449 g/mol. The van der Waals surface area contributed by atoms with Gasteiger partial charge in [0, 0.05) is 13.1 Å². The molecular formula is C23H26F3N3O3. The summed E-state index contributed by atoms with van der Waals surface area (Å²) in [6.45, 7) is 2.04. The molecule has 2 aromatic carbocycles. The molecule has 1 aliphatic carbocycles. The van der Waals surface area contributed by atoms with Crippen molar-refractivity contribution in [3.63, 3.8) is 0 Å². The number of benzene rings is 2. The van der Waals surface area contributed by atoms with E-state index < -0.39 is 17.8 Å². The second-order valence-corrected chi connectivity index (χ2v) is 8.02. The molecule has 4 rings (SSSR count). The summed E-state index contributed by atoms with van der Waals surface area (Å²) in [5, 5.41) is 5.62. The predicted molar refractivity (Wildman–Crippen MR) is 115 cm³/mol. The highest BCUT2D eigenvalue weighted by Gasteiger charge is 2.34. The van der Waals surface area contributed by atoms with E-state index in [0.29, 0.717) is 43.7 Å². The molecule has 0 aromatic heterocycles. The molecule has 32 heavy (non-hydrogen) atoms. The van der Waals surface area contributed by atoms with Crippen molar-refractivity contribution in [3.8, 4) is 5.75 Å². The van der Waals surface area contributed by atoms with Crippen LogP contribution in [0.3, 0.4) is 0 Å². The van der Waals surface area contributed by atoms with Crippen LogP contribution in [0.5, 0.6) is 5.75 Å². The molecule has 0 bridgehead atoms. The first-order chi connectivity index (χ1) is 15.3. The molecule has 9 heteroatoms. The maximum atomic E-state index is 13.3. The molecule has 0 unspecified atom stereocenters. The Kier molecular flexibility index (Phi) is 6.45. The van der Waals surface area contributed by atoms with E-state index in [1.807, 2.05) is 29.2 Å². The number of carbonyl (C=O) groups excluding carboxylic acids is 1. The summed E-state index contributed by atoms with van der Waals surface area (Å²) in [4.78, 5) is 14.8. The molecule has 2 aliphatic rings. The third-order valence-electron chi connectivity index (χ3n) is 5.78. The summed E-state index contributed by atoms with van der Waals surface area (Å²) in [7, 11) is 1.58. The quantitative estimate of drug-likeness (QED) is 0.664. The fourth-order valence-corrected chi connectivity index (χ4v) is 3.91. The van der Waals surface area contributed by atoms with Crippen LogP contribution in [0.15, 0.2) is 42.5 Å². The van der Waals surface area contributed by atoms with Gasteiger partial charge in [-0.2, -0.15) is 13.2 Å². The Bertz CT molecular complexity index is 940. The van der Waals surface area contributed by atoms with Crippen molar-refractivity contribution in [1.82, 2.24) is 5.32 Å². The number of amides is 2. The molecule has 0 radical (unpaired) electrons. The van der Waals surface area contributed by atoms with Gasteiger partial charge in [0.05, 0.1) is 43.3 Å². The van der Waals surface area contributed by atoms with Crippen molar-refractivity contribution in [2.24, 2.45) is 5.92 Å². The van der Waals surface area contributed by atoms with Crippen LogP contribution < -0.4 is 20.3 Å². The van der Waals surface area contributed by atoms with Crippen molar-refractivity contribution in [2.75, 3.05) is 43.6 Å². The number of hydrogen-bond donors (Lipinski definition) is 2. The molecule has 1 heterocycles. The topological polar surface area (TPSA) is 62.8 Å². The van der Waals surface area contributed by atoms with Gasteiger partial charge < -0.3 is 25.0 Å². The van der Waals surface area contributed by atoms with Crippen molar-refractivity contribution in [3.05, 3.63) is 53.6 Å². The Morgan fingerprint density at radius 2 is 1.81 bits per heavy atom. The molecule has 0 spiro atoms. The minimum atomic E-state index is -4.50. The summed E-state index contributed by atoms with van der Waals surface area (Å²) in [5.74, 6) is 1.02. The lowest BCUT2D eigenvalue weighted by atomic mass is 10.0. The highest BCUT2D eigenvalue weighted by molar-refractivity contribution is 5.93. The van der Waals surface area contributed by atoms with Crippen LogP contribution >= 0.6 is 0 Å². The van der Waals surface area contributed by atoms with E-state index in [-0.39, 0.29) is 11.7 Å². The first-order valence-electron chi connectivity index (χ1n) is 10.6. The molecule has 6 nitrogen and oxygen atoms in total. The number of ether oxygens (including phenoxy) is 2. The van der Waals surface area contributed by atoms with Crippen LogP contribution in [0.2, 0.25) is 0 Å². The highest BCUT2D eigenvalue weighted by atomic mass is 19.4. The number of alkyl halides is 3. The first-order valence-corrected chi connectivity index (χ1v) is 10.6. The lowest BCUT2D eigenvalue weighted by Crippen LogP contribution is -2.38. The number of anilines is 2. The van der Waals surface area contributed by atoms with E-state index in [4.69, 9.17) is 9.47 Å². The van der Waals surface area contributed by atoms with E-state index in [1.165, 1.54) is 6.07 Å². The minimum absolute atomic E-state index is 0.128. The number of rotatable bonds is 6. The molecule has 2 N–H and O–H groups in total. The number of hydrogen-bond acceptors (Lipinski definition) is 4. The van der Waals surface area contributed by atoms with Gasteiger partial charge in [-0.15, -0.1) is 0 Å². The number of morpholine rings is 1. The van der Waals surface area contributed by atoms with Gasteiger partial charge in [-0.25, -0.2) is 4.79 Å². The Morgan fingerprint density at radius 1 is 1.12 bits per heavy atom. The zero-order chi connectivity index (χ0) is 22.7. The lowest BCUT2D eigenvalue weighted by Gasteiger charge is -2.31. The molecule has 1 saturated carbocycles. The van der Waals surface area contributed by atoms with Gasteiger partial charge in [-0.3, -0.25) is 0 Å². The van der Waals surface area contributed by atoms with Crippen LogP contribution in [-0.2, 0) is 10.9 Å². The SMILES string of the molecule is COc1ccc([C@@H](NC(=O)Nc2cc(C(F)(F)F)ccc2N2CCOCC2)C2CC2)cc1. The smallest absolute Gasteiger partial charge is 0.416 e. The zero-order valence-electron chi connectivity index (χ0n) is 17.7. The average molecular weight is 449 g/mol. The largest absolute Gasteiger partial charge is 0.497 e. The second kappa shape index (κ2) is 9.28. The van der Waals surface area contributed by atoms with Crippen molar-refractivity contribution >= 4 is 17.4 Å². The normalized spacial score (nSPS) is 17.6. The summed E-state index contributed by atoms with van der Waals surface area (Å²) >= 11 is 0. The molecule has 1 aliphatic heterocycles. The fraction of sp³-hybridized carbons (Fsp3) is 0.435. The summed E-state index contributed by atoms with van der Waals surface area (Å²) in [6.07, 6.45) is -2.53. The zero-order valence-corrected chi connectivity index (χ0v) is 17.7. The predicted octanol–water partition coefficient (Wildman–Crippen LogP) is 4.82. The Labute approximate surface area is 184 Å². The average Bonchev–Trinajstić information content (AvgIpc) is 3.63. The maximum Gasteiger partial charge on any atom is 0.416 e. The summed E-state index contributed by atoms with van der Waals surface area (Å²) < 4.78 is 50.5. The van der Waals surface area contributed by atoms with E-state index in [9.17, 15) is 18.0 Å². The molecule has 1 saturated heterocycles. The number of nitrogens with zero attached hydrogens (tertiary/aromatic N) is 1. The van der Waals surface area contributed by atoms with Crippen LogP contribution in [0, 0.1) is 5.92 Å². The van der Waals surface area contributed by atoms with Crippen molar-refractivity contribution in [1.29, 1.82) is 0 Å². The van der Waals surface area contributed by atoms with Crippen LogP contribution in [0.1, 0.15) is 30.0 Å². The third-order valence-corrected chi connectivity index (χ3v) is 5.78. The molecule has 2 aromatic rings.